The summed E-state index contributed by atoms with van der Waals surface area (Å²) >= 11 is 0. The van der Waals surface area contributed by atoms with Crippen molar-refractivity contribution in [3.05, 3.63) is 46.3 Å². The van der Waals surface area contributed by atoms with Crippen LogP contribution in [0.25, 0.3) is 11.1 Å². The van der Waals surface area contributed by atoms with Gasteiger partial charge in [-0.3, -0.25) is 14.4 Å². The van der Waals surface area contributed by atoms with E-state index in [0.717, 1.165) is 72.7 Å². The van der Waals surface area contributed by atoms with E-state index >= 15 is 0 Å². The lowest BCUT2D eigenvalue weighted by molar-refractivity contribution is -0.114. The largest absolute Gasteiger partial charge is 0.358 e. The molecule has 8 nitrogen and oxygen atoms in total. The Bertz CT molecular complexity index is 1170. The van der Waals surface area contributed by atoms with Crippen LogP contribution in [0.4, 0.5) is 11.4 Å². The predicted octanol–water partition coefficient (Wildman–Crippen LogP) is 3.55. The number of hydrogen-bond acceptors (Lipinski definition) is 4. The van der Waals surface area contributed by atoms with Crippen molar-refractivity contribution >= 4 is 40.2 Å². The second-order valence-electron chi connectivity index (χ2n) is 8.86. The molecule has 0 fully saturated rings. The molecular formula is C26H33N5O3. The van der Waals surface area contributed by atoms with Crippen LogP contribution in [0, 0.1) is 6.92 Å². The number of amides is 3. The van der Waals surface area contributed by atoms with Gasteiger partial charge in [0.2, 0.25) is 5.91 Å². The van der Waals surface area contributed by atoms with Gasteiger partial charge in [-0.15, -0.1) is 0 Å². The van der Waals surface area contributed by atoms with Crippen LogP contribution in [0.3, 0.4) is 0 Å². The van der Waals surface area contributed by atoms with Crippen molar-refractivity contribution < 1.29 is 14.4 Å². The number of aromatic amines is 1. The number of likely N-dealkylation sites (N-methyl/N-ethyl adjacent to an activating group) is 1. The molecule has 0 spiro atoms. The molecule has 1 aromatic carbocycles. The molecule has 0 bridgehead atoms. The average Bonchev–Trinajstić information content (AvgIpc) is 3.31. The van der Waals surface area contributed by atoms with Crippen LogP contribution in [-0.2, 0) is 16.0 Å². The van der Waals surface area contributed by atoms with E-state index in [0.29, 0.717) is 23.4 Å². The van der Waals surface area contributed by atoms with Crippen molar-refractivity contribution in [2.45, 2.75) is 47.0 Å². The Balaban J connectivity index is 1.68. The summed E-state index contributed by atoms with van der Waals surface area (Å²) in [5, 5.41) is 8.81. The predicted molar refractivity (Wildman–Crippen MR) is 135 cm³/mol. The summed E-state index contributed by atoms with van der Waals surface area (Å²) in [6.45, 7) is 10.9. The standard InChI is InChI=1S/C26H33N5O3/c1-5-31(6-2)13-12-27-25(33)22-15(3)28-24-18(22)8-7-9-19(24)23-20-14-17(29-16(4)32)10-11-21(20)30-26(23)34/h10-11,14,28H,5-9,12-13H2,1-4H3,(H,27,33)(H,29,32)(H,30,34)/b23-19-. The van der Waals surface area contributed by atoms with E-state index < -0.39 is 0 Å². The highest BCUT2D eigenvalue weighted by atomic mass is 16.2. The van der Waals surface area contributed by atoms with E-state index in [1.807, 2.05) is 19.1 Å². The second-order valence-corrected chi connectivity index (χ2v) is 8.86. The molecule has 2 aliphatic rings. The molecule has 0 atom stereocenters. The first-order valence-electron chi connectivity index (χ1n) is 12.0. The molecule has 0 saturated carbocycles. The maximum Gasteiger partial charge on any atom is 0.256 e. The summed E-state index contributed by atoms with van der Waals surface area (Å²) in [7, 11) is 0. The first-order chi connectivity index (χ1) is 16.3. The maximum atomic E-state index is 13.1. The van der Waals surface area contributed by atoms with Gasteiger partial charge in [-0.25, -0.2) is 0 Å². The number of benzene rings is 1. The summed E-state index contributed by atoms with van der Waals surface area (Å²) in [6.07, 6.45) is 2.38. The molecule has 1 aromatic heterocycles. The summed E-state index contributed by atoms with van der Waals surface area (Å²) in [5.41, 5.74) is 7.04. The van der Waals surface area contributed by atoms with Crippen molar-refractivity contribution in [1.82, 2.24) is 15.2 Å². The van der Waals surface area contributed by atoms with Gasteiger partial charge >= 0.3 is 0 Å². The summed E-state index contributed by atoms with van der Waals surface area (Å²) in [4.78, 5) is 43.3. The van der Waals surface area contributed by atoms with E-state index in [1.54, 1.807) is 6.07 Å². The zero-order valence-electron chi connectivity index (χ0n) is 20.4. The molecule has 0 unspecified atom stereocenters. The number of aromatic nitrogens is 1. The van der Waals surface area contributed by atoms with E-state index in [-0.39, 0.29) is 17.7 Å². The van der Waals surface area contributed by atoms with Gasteiger partial charge in [-0.05, 0) is 68.6 Å². The van der Waals surface area contributed by atoms with Gasteiger partial charge in [0.15, 0.2) is 0 Å². The lowest BCUT2D eigenvalue weighted by Crippen LogP contribution is -2.35. The number of nitrogens with zero attached hydrogens (tertiary/aromatic N) is 1. The van der Waals surface area contributed by atoms with E-state index in [9.17, 15) is 14.4 Å². The Morgan fingerprint density at radius 1 is 1.15 bits per heavy atom. The lowest BCUT2D eigenvalue weighted by atomic mass is 9.86. The Labute approximate surface area is 200 Å². The third kappa shape index (κ3) is 4.50. The molecule has 4 rings (SSSR count). The van der Waals surface area contributed by atoms with Crippen molar-refractivity contribution in [1.29, 1.82) is 0 Å². The summed E-state index contributed by atoms with van der Waals surface area (Å²) < 4.78 is 0. The van der Waals surface area contributed by atoms with Crippen LogP contribution in [0.2, 0.25) is 0 Å². The summed E-state index contributed by atoms with van der Waals surface area (Å²) in [6, 6.07) is 5.42. The number of nitrogens with one attached hydrogen (secondary N) is 4. The highest BCUT2D eigenvalue weighted by Crippen LogP contribution is 2.43. The molecule has 8 heteroatoms. The maximum absolute atomic E-state index is 13.1. The van der Waals surface area contributed by atoms with E-state index in [2.05, 4.69) is 39.7 Å². The molecule has 3 amide bonds. The minimum absolute atomic E-state index is 0.0716. The number of hydrogen-bond donors (Lipinski definition) is 4. The number of anilines is 2. The Morgan fingerprint density at radius 3 is 2.62 bits per heavy atom. The average molecular weight is 464 g/mol. The van der Waals surface area contributed by atoms with Crippen molar-refractivity contribution in [3.63, 3.8) is 0 Å². The second kappa shape index (κ2) is 9.85. The minimum Gasteiger partial charge on any atom is -0.358 e. The SMILES string of the molecule is CCN(CC)CCNC(=O)c1c(C)[nH]c2c1CCC/C2=C1/C(=O)Nc2ccc(NC(C)=O)cc21. The van der Waals surface area contributed by atoms with Crippen molar-refractivity contribution in [2.75, 3.05) is 36.8 Å². The highest BCUT2D eigenvalue weighted by molar-refractivity contribution is 6.37. The molecule has 180 valence electrons. The van der Waals surface area contributed by atoms with Gasteiger partial charge in [0.1, 0.15) is 0 Å². The number of H-pyrrole nitrogens is 1. The van der Waals surface area contributed by atoms with Crippen LogP contribution in [0.1, 0.15) is 66.5 Å². The summed E-state index contributed by atoms with van der Waals surface area (Å²) in [5.74, 6) is -0.393. The number of rotatable bonds is 7. The normalized spacial score (nSPS) is 16.8. The molecule has 0 radical (unpaired) electrons. The van der Waals surface area contributed by atoms with Gasteiger partial charge in [0, 0.05) is 48.3 Å². The molecule has 1 aliphatic carbocycles. The van der Waals surface area contributed by atoms with Gasteiger partial charge in [0.05, 0.1) is 11.1 Å². The van der Waals surface area contributed by atoms with Gasteiger partial charge in [-0.1, -0.05) is 13.8 Å². The van der Waals surface area contributed by atoms with E-state index in [1.165, 1.54) is 6.92 Å². The number of allylic oxidation sites excluding steroid dienone is 1. The number of carbonyl (C=O) groups excluding carboxylic acids is 3. The molecule has 0 saturated heterocycles. The smallest absolute Gasteiger partial charge is 0.256 e. The van der Waals surface area contributed by atoms with Gasteiger partial charge < -0.3 is 25.8 Å². The van der Waals surface area contributed by atoms with Crippen LogP contribution >= 0.6 is 0 Å². The van der Waals surface area contributed by atoms with Crippen molar-refractivity contribution in [3.8, 4) is 0 Å². The van der Waals surface area contributed by atoms with Crippen LogP contribution in [0.5, 0.6) is 0 Å². The molecule has 4 N–H and O–H groups in total. The number of aryl methyl sites for hydroxylation is 1. The third-order valence-corrected chi connectivity index (χ3v) is 6.67. The van der Waals surface area contributed by atoms with Crippen LogP contribution < -0.4 is 16.0 Å². The molecule has 2 heterocycles. The topological polar surface area (TPSA) is 106 Å². The minimum atomic E-state index is -0.164. The lowest BCUT2D eigenvalue weighted by Gasteiger charge is -2.20. The third-order valence-electron chi connectivity index (χ3n) is 6.67. The number of carbonyl (C=O) groups is 3. The number of fused-ring (bicyclic) bond motifs is 2. The zero-order valence-corrected chi connectivity index (χ0v) is 20.4. The fourth-order valence-corrected chi connectivity index (χ4v) is 5.01. The first-order valence-corrected chi connectivity index (χ1v) is 12.0. The van der Waals surface area contributed by atoms with Crippen LogP contribution in [0.15, 0.2) is 18.2 Å². The monoisotopic (exact) mass is 463 g/mol. The van der Waals surface area contributed by atoms with Gasteiger partial charge in [-0.2, -0.15) is 0 Å². The zero-order chi connectivity index (χ0) is 24.4. The van der Waals surface area contributed by atoms with E-state index in [4.69, 9.17) is 0 Å². The van der Waals surface area contributed by atoms with Crippen LogP contribution in [-0.4, -0.2) is 53.8 Å². The molecule has 2 aromatic rings. The molecule has 1 aliphatic heterocycles. The Hall–Kier alpha value is -3.39. The quantitative estimate of drug-likeness (QED) is 0.471. The molecular weight excluding hydrogens is 430 g/mol. The fourth-order valence-electron chi connectivity index (χ4n) is 5.01. The van der Waals surface area contributed by atoms with Gasteiger partial charge in [0.25, 0.3) is 11.8 Å². The molecule has 34 heavy (non-hydrogen) atoms. The first kappa shape index (κ1) is 23.8. The fraction of sp³-hybridized carbons (Fsp3) is 0.423. The Kier molecular flexibility index (Phi) is 6.88. The highest BCUT2D eigenvalue weighted by Gasteiger charge is 2.33. The Morgan fingerprint density at radius 2 is 1.91 bits per heavy atom. The van der Waals surface area contributed by atoms with Crippen molar-refractivity contribution in [2.24, 2.45) is 0 Å².